The van der Waals surface area contributed by atoms with Gasteiger partial charge in [-0.3, -0.25) is 0 Å². The first kappa shape index (κ1) is 14.7. The highest BCUT2D eigenvalue weighted by Crippen LogP contribution is 2.34. The molecule has 0 aliphatic heterocycles. The molecule has 0 aromatic rings. The molecule has 2 aliphatic carbocycles. The zero-order valence-electron chi connectivity index (χ0n) is 11.9. The zero-order chi connectivity index (χ0) is 13.0. The van der Waals surface area contributed by atoms with Crippen LogP contribution in [0.3, 0.4) is 0 Å². The highest BCUT2D eigenvalue weighted by Gasteiger charge is 2.25. The fraction of sp³-hybridized carbons (Fsp3) is 0.882. The third-order valence-electron chi connectivity index (χ3n) is 5.00. The molecule has 2 rings (SSSR count). The Labute approximate surface area is 127 Å². The summed E-state index contributed by atoms with van der Waals surface area (Å²) in [6.45, 7) is 4.74. The highest BCUT2D eigenvalue weighted by atomic mass is 127. The van der Waals surface area contributed by atoms with Crippen LogP contribution in [-0.4, -0.2) is 3.92 Å². The second-order valence-electron chi connectivity index (χ2n) is 6.41. The minimum atomic E-state index is 0.694. The molecule has 0 radical (unpaired) electrons. The van der Waals surface area contributed by atoms with Crippen molar-refractivity contribution in [1.29, 1.82) is 0 Å². The van der Waals surface area contributed by atoms with Gasteiger partial charge >= 0.3 is 0 Å². The van der Waals surface area contributed by atoms with E-state index in [4.69, 9.17) is 0 Å². The fourth-order valence-electron chi connectivity index (χ4n) is 3.48. The van der Waals surface area contributed by atoms with Gasteiger partial charge in [0.1, 0.15) is 0 Å². The van der Waals surface area contributed by atoms with Crippen molar-refractivity contribution in [3.05, 3.63) is 0 Å². The Balaban J connectivity index is 1.81. The Bertz CT molecular complexity index is 303. The van der Waals surface area contributed by atoms with Gasteiger partial charge in [0, 0.05) is 15.8 Å². The summed E-state index contributed by atoms with van der Waals surface area (Å²) >= 11 is 2.61. The van der Waals surface area contributed by atoms with E-state index < -0.39 is 0 Å². The summed E-state index contributed by atoms with van der Waals surface area (Å²) in [5.41, 5.74) is 0. The Hall–Kier alpha value is 0.290. The molecule has 2 fully saturated rings. The first-order valence-corrected chi connectivity index (χ1v) is 9.08. The molecule has 18 heavy (non-hydrogen) atoms. The molecule has 3 atom stereocenters. The van der Waals surface area contributed by atoms with Crippen molar-refractivity contribution in [3.63, 3.8) is 0 Å². The summed E-state index contributed by atoms with van der Waals surface area (Å²) in [7, 11) is 0. The van der Waals surface area contributed by atoms with Crippen LogP contribution in [0.25, 0.3) is 0 Å². The summed E-state index contributed by atoms with van der Waals surface area (Å²) in [4.78, 5) is 0. The molecule has 2 aliphatic rings. The van der Waals surface area contributed by atoms with Crippen molar-refractivity contribution in [2.24, 2.45) is 23.7 Å². The van der Waals surface area contributed by atoms with Crippen LogP contribution in [0.2, 0.25) is 0 Å². The van der Waals surface area contributed by atoms with E-state index in [1.807, 2.05) is 0 Å². The van der Waals surface area contributed by atoms with Crippen molar-refractivity contribution in [3.8, 4) is 11.8 Å². The molecule has 0 amide bonds. The maximum absolute atomic E-state index is 3.64. The molecular weight excluding hydrogens is 331 g/mol. The van der Waals surface area contributed by atoms with Crippen LogP contribution in [0.1, 0.15) is 65.2 Å². The number of halogens is 1. The Morgan fingerprint density at radius 3 is 2.33 bits per heavy atom. The molecule has 0 N–H and O–H groups in total. The molecule has 0 bridgehead atoms. The second kappa shape index (κ2) is 7.17. The Kier molecular flexibility index (Phi) is 5.86. The summed E-state index contributed by atoms with van der Waals surface area (Å²) < 4.78 is 0.899. The van der Waals surface area contributed by atoms with E-state index in [0.717, 1.165) is 21.7 Å². The molecule has 3 unspecified atom stereocenters. The molecule has 0 aromatic carbocycles. The molecule has 0 nitrogen and oxygen atoms in total. The normalized spacial score (nSPS) is 40.9. The van der Waals surface area contributed by atoms with Gasteiger partial charge < -0.3 is 0 Å². The molecular formula is C17H27I. The average molecular weight is 358 g/mol. The third-order valence-corrected chi connectivity index (χ3v) is 6.13. The van der Waals surface area contributed by atoms with Crippen LogP contribution in [0, 0.1) is 35.5 Å². The topological polar surface area (TPSA) is 0 Å². The van der Waals surface area contributed by atoms with Gasteiger partial charge in [-0.2, -0.15) is 0 Å². The minimum absolute atomic E-state index is 0.694. The lowest BCUT2D eigenvalue weighted by atomic mass is 9.78. The molecule has 1 heteroatoms. The van der Waals surface area contributed by atoms with Crippen LogP contribution in [0.15, 0.2) is 0 Å². The average Bonchev–Trinajstić information content (AvgIpc) is 2.38. The van der Waals surface area contributed by atoms with Crippen molar-refractivity contribution in [2.75, 3.05) is 0 Å². The van der Waals surface area contributed by atoms with E-state index in [0.29, 0.717) is 5.92 Å². The predicted molar refractivity (Wildman–Crippen MR) is 87.8 cm³/mol. The van der Waals surface area contributed by atoms with E-state index >= 15 is 0 Å². The Morgan fingerprint density at radius 2 is 1.72 bits per heavy atom. The van der Waals surface area contributed by atoms with Gasteiger partial charge in [-0.25, -0.2) is 0 Å². The molecule has 2 saturated carbocycles. The van der Waals surface area contributed by atoms with Gasteiger partial charge in [-0.1, -0.05) is 54.7 Å². The first-order valence-electron chi connectivity index (χ1n) is 7.84. The van der Waals surface area contributed by atoms with E-state index in [-0.39, 0.29) is 0 Å². The van der Waals surface area contributed by atoms with Gasteiger partial charge in [0.15, 0.2) is 0 Å². The van der Waals surface area contributed by atoms with Crippen LogP contribution >= 0.6 is 22.6 Å². The van der Waals surface area contributed by atoms with E-state index in [9.17, 15) is 0 Å². The molecule has 0 spiro atoms. The quantitative estimate of drug-likeness (QED) is 0.332. The predicted octanol–water partition coefficient (Wildman–Crippen LogP) is 5.45. The Morgan fingerprint density at radius 1 is 1.00 bits per heavy atom. The standard InChI is InChI=1S/C17H27I/c1-3-14-4-6-15(7-5-14)8-9-16-10-11-17(18)12-13(16)2/h13-17H,3-7,10-12H2,1-2H3. The number of hydrogen-bond acceptors (Lipinski definition) is 0. The minimum Gasteiger partial charge on any atom is -0.0996 e. The zero-order valence-corrected chi connectivity index (χ0v) is 14.1. The summed E-state index contributed by atoms with van der Waals surface area (Å²) in [6.07, 6.45) is 11.0. The van der Waals surface area contributed by atoms with E-state index in [1.165, 1.54) is 51.4 Å². The van der Waals surface area contributed by atoms with Crippen molar-refractivity contribution in [2.45, 2.75) is 69.1 Å². The van der Waals surface area contributed by atoms with Gasteiger partial charge in [-0.15, -0.1) is 0 Å². The van der Waals surface area contributed by atoms with Crippen LogP contribution in [0.4, 0.5) is 0 Å². The van der Waals surface area contributed by atoms with Gasteiger partial charge in [0.25, 0.3) is 0 Å². The van der Waals surface area contributed by atoms with Crippen LogP contribution in [-0.2, 0) is 0 Å². The smallest absolute Gasteiger partial charge is 0.0229 e. The van der Waals surface area contributed by atoms with Gasteiger partial charge in [-0.05, 0) is 56.8 Å². The lowest BCUT2D eigenvalue weighted by Crippen LogP contribution is -2.22. The molecule has 0 saturated heterocycles. The summed E-state index contributed by atoms with van der Waals surface area (Å²) in [5, 5.41) is 0. The summed E-state index contributed by atoms with van der Waals surface area (Å²) in [6, 6.07) is 0. The first-order chi connectivity index (χ1) is 8.69. The van der Waals surface area contributed by atoms with Crippen LogP contribution in [0.5, 0.6) is 0 Å². The maximum atomic E-state index is 3.64. The maximum Gasteiger partial charge on any atom is 0.0229 e. The largest absolute Gasteiger partial charge is 0.0996 e. The highest BCUT2D eigenvalue weighted by molar-refractivity contribution is 14.1. The SMILES string of the molecule is CCC1CCC(C#CC2CCC(I)CC2C)CC1. The second-order valence-corrected chi connectivity index (χ2v) is 8.17. The van der Waals surface area contributed by atoms with Gasteiger partial charge in [0.05, 0.1) is 0 Å². The van der Waals surface area contributed by atoms with Crippen molar-refractivity contribution in [1.82, 2.24) is 0 Å². The number of hydrogen-bond donors (Lipinski definition) is 0. The van der Waals surface area contributed by atoms with Crippen LogP contribution < -0.4 is 0 Å². The van der Waals surface area contributed by atoms with Crippen molar-refractivity contribution >= 4 is 22.6 Å². The molecule has 102 valence electrons. The lowest BCUT2D eigenvalue weighted by molar-refractivity contribution is 0.307. The number of rotatable bonds is 1. The number of alkyl halides is 1. The fourth-order valence-corrected chi connectivity index (χ4v) is 4.65. The summed E-state index contributed by atoms with van der Waals surface area (Å²) in [5.74, 6) is 10.5. The third kappa shape index (κ3) is 4.15. The molecule has 0 heterocycles. The molecule has 0 aromatic heterocycles. The van der Waals surface area contributed by atoms with E-state index in [1.54, 1.807) is 0 Å². The van der Waals surface area contributed by atoms with Crippen molar-refractivity contribution < 1.29 is 0 Å². The monoisotopic (exact) mass is 358 g/mol. The van der Waals surface area contributed by atoms with E-state index in [2.05, 4.69) is 48.3 Å². The van der Waals surface area contributed by atoms with Gasteiger partial charge in [0.2, 0.25) is 0 Å². The lowest BCUT2D eigenvalue weighted by Gasteiger charge is -2.29.